The van der Waals surface area contributed by atoms with Crippen molar-refractivity contribution in [1.82, 2.24) is 9.97 Å². The van der Waals surface area contributed by atoms with E-state index in [9.17, 15) is 8.42 Å². The van der Waals surface area contributed by atoms with E-state index in [1.54, 1.807) is 0 Å². The Morgan fingerprint density at radius 2 is 1.78 bits per heavy atom. The summed E-state index contributed by atoms with van der Waals surface area (Å²) in [5, 5.41) is 0. The third kappa shape index (κ3) is 3.27. The average Bonchev–Trinajstić information content (AvgIpc) is 2.29. The highest BCUT2D eigenvalue weighted by Gasteiger charge is 2.09. The van der Waals surface area contributed by atoms with Gasteiger partial charge in [0.15, 0.2) is 5.82 Å². The lowest BCUT2D eigenvalue weighted by molar-refractivity contribution is 0.608. The lowest BCUT2D eigenvalue weighted by Crippen LogP contribution is -1.98. The van der Waals surface area contributed by atoms with Crippen molar-refractivity contribution in [2.24, 2.45) is 0 Å². The third-order valence-electron chi connectivity index (χ3n) is 2.43. The van der Waals surface area contributed by atoms with E-state index in [1.807, 2.05) is 31.2 Å². The van der Waals surface area contributed by atoms with Crippen LogP contribution < -0.4 is 0 Å². The van der Waals surface area contributed by atoms with E-state index < -0.39 is 9.05 Å². The number of hydrogen-bond donors (Lipinski definition) is 0. The molecule has 1 aromatic carbocycles. The lowest BCUT2D eigenvalue weighted by atomic mass is 10.1. The van der Waals surface area contributed by atoms with Crippen molar-refractivity contribution in [3.63, 3.8) is 0 Å². The van der Waals surface area contributed by atoms with Crippen molar-refractivity contribution in [1.29, 1.82) is 0 Å². The van der Waals surface area contributed by atoms with Crippen LogP contribution in [-0.2, 0) is 14.8 Å². The van der Waals surface area contributed by atoms with E-state index in [1.165, 1.54) is 12.4 Å². The second-order valence-corrected chi connectivity index (χ2v) is 6.69. The first-order chi connectivity index (χ1) is 8.46. The molecule has 2 rings (SSSR count). The Morgan fingerprint density at radius 1 is 1.17 bits per heavy atom. The molecule has 0 atom stereocenters. The highest BCUT2D eigenvalue weighted by atomic mass is 35.7. The van der Waals surface area contributed by atoms with Gasteiger partial charge in [0.05, 0.1) is 5.75 Å². The van der Waals surface area contributed by atoms with Gasteiger partial charge in [-0.1, -0.05) is 24.3 Å². The molecule has 0 unspecified atom stereocenters. The van der Waals surface area contributed by atoms with Crippen LogP contribution in [-0.4, -0.2) is 18.4 Å². The SMILES string of the molecule is Cc1ccccc1-c1ncc(CS(=O)(=O)Cl)cn1. The second kappa shape index (κ2) is 5.04. The molecule has 1 heterocycles. The van der Waals surface area contributed by atoms with Gasteiger partial charge in [-0.25, -0.2) is 18.4 Å². The number of benzene rings is 1. The smallest absolute Gasteiger partial charge is 0.236 e. The molecule has 0 N–H and O–H groups in total. The Hall–Kier alpha value is -1.46. The first kappa shape index (κ1) is 13.0. The summed E-state index contributed by atoms with van der Waals surface area (Å²) in [5.74, 6) is 0.312. The van der Waals surface area contributed by atoms with Crippen molar-refractivity contribution in [3.05, 3.63) is 47.8 Å². The summed E-state index contributed by atoms with van der Waals surface area (Å²) in [5.41, 5.74) is 2.47. The Balaban J connectivity index is 2.31. The Labute approximate surface area is 110 Å². The van der Waals surface area contributed by atoms with Gasteiger partial charge < -0.3 is 0 Å². The number of aromatic nitrogens is 2. The van der Waals surface area contributed by atoms with Gasteiger partial charge in [0.1, 0.15) is 0 Å². The largest absolute Gasteiger partial charge is 0.236 e. The molecular formula is C12H11ClN2O2S. The normalized spacial score (nSPS) is 11.4. The zero-order valence-corrected chi connectivity index (χ0v) is 11.2. The number of rotatable bonds is 3. The summed E-state index contributed by atoms with van der Waals surface area (Å²) in [4.78, 5) is 8.32. The minimum Gasteiger partial charge on any atom is -0.236 e. The molecule has 0 aliphatic carbocycles. The topological polar surface area (TPSA) is 59.9 Å². The molecule has 0 spiro atoms. The fourth-order valence-electron chi connectivity index (χ4n) is 1.59. The van der Waals surface area contributed by atoms with Crippen LogP contribution in [0.2, 0.25) is 0 Å². The molecule has 0 aliphatic heterocycles. The van der Waals surface area contributed by atoms with E-state index >= 15 is 0 Å². The minimum absolute atomic E-state index is 0.261. The molecular weight excluding hydrogens is 272 g/mol. The van der Waals surface area contributed by atoms with Gasteiger partial charge >= 0.3 is 0 Å². The molecule has 0 aliphatic rings. The van der Waals surface area contributed by atoms with Crippen molar-refractivity contribution >= 4 is 19.7 Å². The summed E-state index contributed by atoms with van der Waals surface area (Å²) >= 11 is 0. The summed E-state index contributed by atoms with van der Waals surface area (Å²) < 4.78 is 21.8. The molecule has 0 amide bonds. The maximum atomic E-state index is 10.9. The molecule has 4 nitrogen and oxygen atoms in total. The molecule has 2 aromatic rings. The fourth-order valence-corrected chi connectivity index (χ4v) is 2.52. The highest BCUT2D eigenvalue weighted by Crippen LogP contribution is 2.19. The molecule has 0 radical (unpaired) electrons. The molecule has 0 bridgehead atoms. The van der Waals surface area contributed by atoms with Crippen LogP contribution in [0.3, 0.4) is 0 Å². The molecule has 0 saturated heterocycles. The number of hydrogen-bond acceptors (Lipinski definition) is 4. The third-order valence-corrected chi connectivity index (χ3v) is 3.44. The number of nitrogens with zero attached hydrogens (tertiary/aromatic N) is 2. The van der Waals surface area contributed by atoms with Crippen LogP contribution in [0.1, 0.15) is 11.1 Å². The summed E-state index contributed by atoms with van der Waals surface area (Å²) in [6, 6.07) is 7.73. The van der Waals surface area contributed by atoms with Crippen LogP contribution in [0.25, 0.3) is 11.4 Å². The van der Waals surface area contributed by atoms with Gasteiger partial charge in [-0.05, 0) is 12.5 Å². The van der Waals surface area contributed by atoms with Gasteiger partial charge in [-0.15, -0.1) is 0 Å². The van der Waals surface area contributed by atoms with Crippen molar-refractivity contribution in [2.45, 2.75) is 12.7 Å². The molecule has 94 valence electrons. The first-order valence-corrected chi connectivity index (χ1v) is 7.73. The quantitative estimate of drug-likeness (QED) is 0.812. The van der Waals surface area contributed by atoms with E-state index in [0.29, 0.717) is 11.4 Å². The Kier molecular flexibility index (Phi) is 3.63. The van der Waals surface area contributed by atoms with Crippen LogP contribution in [0, 0.1) is 6.92 Å². The Morgan fingerprint density at radius 3 is 2.33 bits per heavy atom. The van der Waals surface area contributed by atoms with Crippen molar-refractivity contribution < 1.29 is 8.42 Å². The molecule has 6 heteroatoms. The predicted molar refractivity (Wildman–Crippen MR) is 70.7 cm³/mol. The maximum Gasteiger partial charge on any atom is 0.236 e. The molecule has 0 fully saturated rings. The number of halogens is 1. The molecule has 0 saturated carbocycles. The number of aryl methyl sites for hydroxylation is 1. The highest BCUT2D eigenvalue weighted by molar-refractivity contribution is 8.13. The predicted octanol–water partition coefficient (Wildman–Crippen LogP) is 2.52. The summed E-state index contributed by atoms with van der Waals surface area (Å²) in [6.45, 7) is 1.97. The lowest BCUT2D eigenvalue weighted by Gasteiger charge is -2.04. The van der Waals surface area contributed by atoms with Gasteiger partial charge in [0.2, 0.25) is 9.05 Å². The summed E-state index contributed by atoms with van der Waals surface area (Å²) in [7, 11) is 1.60. The van der Waals surface area contributed by atoms with Gasteiger partial charge in [0.25, 0.3) is 0 Å². The van der Waals surface area contributed by atoms with E-state index in [-0.39, 0.29) is 5.75 Å². The van der Waals surface area contributed by atoms with Crippen molar-refractivity contribution in [2.75, 3.05) is 0 Å². The second-order valence-electron chi connectivity index (χ2n) is 3.91. The van der Waals surface area contributed by atoms with Crippen LogP contribution in [0.4, 0.5) is 0 Å². The maximum absolute atomic E-state index is 10.9. The molecule has 1 aromatic heterocycles. The van der Waals surface area contributed by atoms with Gasteiger partial charge in [-0.3, -0.25) is 0 Å². The van der Waals surface area contributed by atoms with Crippen molar-refractivity contribution in [3.8, 4) is 11.4 Å². The zero-order chi connectivity index (χ0) is 13.2. The molecule has 18 heavy (non-hydrogen) atoms. The van der Waals surface area contributed by atoms with Gasteiger partial charge in [-0.2, -0.15) is 0 Å². The van der Waals surface area contributed by atoms with E-state index in [4.69, 9.17) is 10.7 Å². The van der Waals surface area contributed by atoms with E-state index in [0.717, 1.165) is 11.1 Å². The van der Waals surface area contributed by atoms with Crippen LogP contribution in [0.5, 0.6) is 0 Å². The zero-order valence-electron chi connectivity index (χ0n) is 9.67. The minimum atomic E-state index is -3.57. The summed E-state index contributed by atoms with van der Waals surface area (Å²) in [6.07, 6.45) is 2.96. The fraction of sp³-hybridized carbons (Fsp3) is 0.167. The monoisotopic (exact) mass is 282 g/mol. The van der Waals surface area contributed by atoms with Gasteiger partial charge in [0, 0.05) is 34.2 Å². The Bertz CT molecular complexity index is 654. The first-order valence-electron chi connectivity index (χ1n) is 5.25. The average molecular weight is 283 g/mol. The standard InChI is InChI=1S/C12H11ClN2O2S/c1-9-4-2-3-5-11(9)12-14-6-10(7-15-12)8-18(13,16)17/h2-7H,8H2,1H3. The van der Waals surface area contributed by atoms with Crippen LogP contribution >= 0.6 is 10.7 Å². The van der Waals surface area contributed by atoms with E-state index in [2.05, 4.69) is 9.97 Å². The van der Waals surface area contributed by atoms with Crippen LogP contribution in [0.15, 0.2) is 36.7 Å².